The Balaban J connectivity index is 2.17. The molecule has 0 radical (unpaired) electrons. The second kappa shape index (κ2) is 8.47. The zero-order chi connectivity index (χ0) is 20.1. The molecule has 0 bridgehead atoms. The standard InChI is InChI=1S/C27H24NP/c1-22(2)26-20-12-13-21-27(26)28-29(23-14-6-3-7-15-23,24-16-8-4-9-17-24)25-18-10-5-11-19-25/h3-21H,1H2,2H3. The molecule has 0 saturated carbocycles. The van der Waals surface area contributed by atoms with Crippen LogP contribution in [0.3, 0.4) is 0 Å². The molecule has 0 aliphatic rings. The fourth-order valence-electron chi connectivity index (χ4n) is 3.63. The highest BCUT2D eigenvalue weighted by atomic mass is 31.2. The fourth-order valence-corrected chi connectivity index (χ4v) is 7.18. The van der Waals surface area contributed by atoms with Gasteiger partial charge in [-0.2, -0.15) is 0 Å². The van der Waals surface area contributed by atoms with Crippen LogP contribution in [0, 0.1) is 0 Å². The molecule has 0 aliphatic carbocycles. The van der Waals surface area contributed by atoms with Gasteiger partial charge in [0, 0.05) is 21.5 Å². The van der Waals surface area contributed by atoms with E-state index in [1.165, 1.54) is 15.9 Å². The fraction of sp³-hybridized carbons (Fsp3) is 0.0370. The molecule has 0 spiro atoms. The molecular formula is C27H24NP. The summed E-state index contributed by atoms with van der Waals surface area (Å²) in [5, 5.41) is 3.73. The molecule has 142 valence electrons. The lowest BCUT2D eigenvalue weighted by molar-refractivity contribution is 1.49. The van der Waals surface area contributed by atoms with Gasteiger partial charge in [-0.05, 0) is 18.6 Å². The first kappa shape index (κ1) is 19.2. The molecule has 0 unspecified atom stereocenters. The number of hydrogen-bond acceptors (Lipinski definition) is 1. The maximum absolute atomic E-state index is 5.57. The lowest BCUT2D eigenvalue weighted by atomic mass is 10.1. The molecule has 0 aliphatic heterocycles. The maximum atomic E-state index is 5.57. The van der Waals surface area contributed by atoms with E-state index in [0.717, 1.165) is 16.8 Å². The average molecular weight is 393 g/mol. The molecule has 0 fully saturated rings. The predicted octanol–water partition coefficient (Wildman–Crippen LogP) is 6.53. The van der Waals surface area contributed by atoms with Crippen molar-refractivity contribution in [2.24, 2.45) is 4.74 Å². The van der Waals surface area contributed by atoms with Crippen LogP contribution in [-0.2, 0) is 0 Å². The number of benzene rings is 4. The third kappa shape index (κ3) is 3.75. The van der Waals surface area contributed by atoms with Gasteiger partial charge < -0.3 is 0 Å². The Hall–Kier alpha value is -3.15. The molecule has 0 atom stereocenters. The first-order chi connectivity index (χ1) is 14.2. The van der Waals surface area contributed by atoms with E-state index in [1.807, 2.05) is 6.92 Å². The number of rotatable bonds is 5. The Kier molecular flexibility index (Phi) is 5.60. The van der Waals surface area contributed by atoms with Crippen LogP contribution >= 0.6 is 7.05 Å². The van der Waals surface area contributed by atoms with E-state index in [0.29, 0.717) is 0 Å². The van der Waals surface area contributed by atoms with E-state index < -0.39 is 7.05 Å². The number of allylic oxidation sites excluding steroid dienone is 1. The lowest BCUT2D eigenvalue weighted by Gasteiger charge is -2.27. The quantitative estimate of drug-likeness (QED) is 0.342. The third-order valence-corrected chi connectivity index (χ3v) is 8.66. The summed E-state index contributed by atoms with van der Waals surface area (Å²) in [5.41, 5.74) is 3.11. The summed E-state index contributed by atoms with van der Waals surface area (Å²) in [6.07, 6.45) is 0. The van der Waals surface area contributed by atoms with Crippen molar-refractivity contribution in [3.8, 4) is 0 Å². The summed E-state index contributed by atoms with van der Waals surface area (Å²) in [6, 6.07) is 40.4. The summed E-state index contributed by atoms with van der Waals surface area (Å²) in [4.78, 5) is 0. The van der Waals surface area contributed by atoms with Gasteiger partial charge in [0.15, 0.2) is 0 Å². The van der Waals surface area contributed by atoms with E-state index in [2.05, 4.69) is 122 Å². The van der Waals surface area contributed by atoms with Crippen molar-refractivity contribution in [2.75, 3.05) is 0 Å². The van der Waals surface area contributed by atoms with Crippen molar-refractivity contribution in [2.45, 2.75) is 6.92 Å². The molecule has 0 N–H and O–H groups in total. The predicted molar refractivity (Wildman–Crippen MR) is 128 cm³/mol. The molecule has 4 rings (SSSR count). The molecule has 0 amide bonds. The Bertz CT molecular complexity index is 1060. The van der Waals surface area contributed by atoms with E-state index in [-0.39, 0.29) is 0 Å². The normalized spacial score (nSPS) is 11.1. The Morgan fingerprint density at radius 2 is 0.966 bits per heavy atom. The largest absolute Gasteiger partial charge is 0.253 e. The highest BCUT2D eigenvalue weighted by molar-refractivity contribution is 7.87. The molecule has 2 heteroatoms. The number of nitrogens with zero attached hydrogens (tertiary/aromatic N) is 1. The van der Waals surface area contributed by atoms with Crippen LogP contribution in [0.1, 0.15) is 12.5 Å². The van der Waals surface area contributed by atoms with Gasteiger partial charge >= 0.3 is 0 Å². The molecular weight excluding hydrogens is 369 g/mol. The van der Waals surface area contributed by atoms with E-state index in [1.54, 1.807) is 0 Å². The minimum absolute atomic E-state index is 0.991. The molecule has 0 aromatic heterocycles. The van der Waals surface area contributed by atoms with Gasteiger partial charge in [-0.15, -0.1) is 0 Å². The van der Waals surface area contributed by atoms with Crippen molar-refractivity contribution in [1.82, 2.24) is 0 Å². The van der Waals surface area contributed by atoms with Crippen molar-refractivity contribution in [3.05, 3.63) is 127 Å². The summed E-state index contributed by atoms with van der Waals surface area (Å²) < 4.78 is 5.57. The van der Waals surface area contributed by atoms with Gasteiger partial charge in [-0.3, -0.25) is 4.74 Å². The van der Waals surface area contributed by atoms with E-state index in [9.17, 15) is 0 Å². The van der Waals surface area contributed by atoms with Crippen LogP contribution < -0.4 is 15.9 Å². The van der Waals surface area contributed by atoms with Crippen molar-refractivity contribution >= 4 is 34.2 Å². The van der Waals surface area contributed by atoms with Crippen molar-refractivity contribution in [1.29, 1.82) is 0 Å². The number of hydrogen-bond donors (Lipinski definition) is 0. The van der Waals surface area contributed by atoms with Gasteiger partial charge in [0.1, 0.15) is 0 Å². The zero-order valence-electron chi connectivity index (χ0n) is 16.6. The van der Waals surface area contributed by atoms with Crippen LogP contribution in [0.5, 0.6) is 0 Å². The Morgan fingerprint density at radius 3 is 1.38 bits per heavy atom. The Labute approximate surface area is 173 Å². The summed E-state index contributed by atoms with van der Waals surface area (Å²) in [7, 11) is -2.26. The minimum Gasteiger partial charge on any atom is -0.253 e. The average Bonchev–Trinajstić information content (AvgIpc) is 2.79. The van der Waals surface area contributed by atoms with Gasteiger partial charge in [0.25, 0.3) is 0 Å². The second-order valence-electron chi connectivity index (χ2n) is 7.04. The molecule has 29 heavy (non-hydrogen) atoms. The Morgan fingerprint density at radius 1 is 0.586 bits per heavy atom. The van der Waals surface area contributed by atoms with Crippen LogP contribution in [-0.4, -0.2) is 0 Å². The van der Waals surface area contributed by atoms with E-state index >= 15 is 0 Å². The molecule has 1 nitrogen and oxygen atoms in total. The first-order valence-corrected chi connectivity index (χ1v) is 11.5. The van der Waals surface area contributed by atoms with Crippen LogP contribution in [0.2, 0.25) is 0 Å². The molecule has 4 aromatic carbocycles. The third-order valence-electron chi connectivity index (χ3n) is 5.01. The highest BCUT2D eigenvalue weighted by Gasteiger charge is 2.27. The maximum Gasteiger partial charge on any atom is 0.0700 e. The summed E-state index contributed by atoms with van der Waals surface area (Å²) in [6.45, 7) is 6.23. The minimum atomic E-state index is -2.26. The van der Waals surface area contributed by atoms with Gasteiger partial charge in [0.05, 0.1) is 12.7 Å². The smallest absolute Gasteiger partial charge is 0.0700 e. The molecule has 0 saturated heterocycles. The van der Waals surface area contributed by atoms with Crippen molar-refractivity contribution in [3.63, 3.8) is 0 Å². The van der Waals surface area contributed by atoms with Crippen LogP contribution in [0.15, 0.2) is 127 Å². The molecule has 4 aromatic rings. The monoisotopic (exact) mass is 393 g/mol. The SMILES string of the molecule is C=C(C)c1ccccc1N=P(c1ccccc1)(c1ccccc1)c1ccccc1. The zero-order valence-corrected chi connectivity index (χ0v) is 17.5. The van der Waals surface area contributed by atoms with Crippen LogP contribution in [0.4, 0.5) is 5.69 Å². The summed E-state index contributed by atoms with van der Waals surface area (Å²) >= 11 is 0. The molecule has 0 heterocycles. The van der Waals surface area contributed by atoms with E-state index in [4.69, 9.17) is 4.74 Å². The van der Waals surface area contributed by atoms with Gasteiger partial charge in [-0.1, -0.05) is 116 Å². The van der Waals surface area contributed by atoms with Gasteiger partial charge in [0.2, 0.25) is 0 Å². The van der Waals surface area contributed by atoms with Crippen molar-refractivity contribution < 1.29 is 0 Å². The first-order valence-electron chi connectivity index (χ1n) is 9.76. The lowest BCUT2D eigenvalue weighted by Crippen LogP contribution is -2.25. The van der Waals surface area contributed by atoms with Gasteiger partial charge in [-0.25, -0.2) is 0 Å². The highest BCUT2D eigenvalue weighted by Crippen LogP contribution is 2.50. The topological polar surface area (TPSA) is 12.4 Å². The van der Waals surface area contributed by atoms with Crippen LogP contribution in [0.25, 0.3) is 5.57 Å². The second-order valence-corrected chi connectivity index (χ2v) is 10.1. The summed E-state index contributed by atoms with van der Waals surface area (Å²) in [5.74, 6) is 0.